The van der Waals surface area contributed by atoms with Crippen LogP contribution >= 0.6 is 11.3 Å². The van der Waals surface area contributed by atoms with E-state index in [1.165, 1.54) is 0 Å². The zero-order valence-corrected chi connectivity index (χ0v) is 8.64. The third-order valence-corrected chi connectivity index (χ3v) is 2.79. The molecule has 1 unspecified atom stereocenters. The van der Waals surface area contributed by atoms with Crippen molar-refractivity contribution < 1.29 is 4.79 Å². The zero-order valence-electron chi connectivity index (χ0n) is 7.82. The number of Topliss-reactive ketones (excluding diaryl/α,β-unsaturated/α-hetero) is 1. The number of rotatable bonds is 5. The fraction of sp³-hybridized carbons (Fsp3) is 0.500. The van der Waals surface area contributed by atoms with Crippen molar-refractivity contribution in [1.82, 2.24) is 0 Å². The van der Waals surface area contributed by atoms with Crippen LogP contribution in [0.4, 0.5) is 0 Å². The lowest BCUT2D eigenvalue weighted by Gasteiger charge is -2.05. The van der Waals surface area contributed by atoms with Crippen molar-refractivity contribution in [1.29, 1.82) is 0 Å². The summed E-state index contributed by atoms with van der Waals surface area (Å²) in [6, 6.07) is 1.88. The number of ketones is 1. The molecular weight excluding hydrogens is 182 g/mol. The first-order valence-corrected chi connectivity index (χ1v) is 5.43. The van der Waals surface area contributed by atoms with E-state index in [2.05, 4.69) is 6.92 Å². The minimum absolute atomic E-state index is 0.238. The normalized spacial score (nSPS) is 12.8. The molecule has 0 amide bonds. The summed E-state index contributed by atoms with van der Waals surface area (Å²) in [6.07, 6.45) is 1.51. The molecule has 3 heteroatoms. The molecule has 2 N–H and O–H groups in total. The van der Waals surface area contributed by atoms with Crippen LogP contribution in [0.1, 0.15) is 30.1 Å². The Labute approximate surface area is 82.8 Å². The number of carbonyl (C=O) groups is 1. The second-order valence-corrected chi connectivity index (χ2v) is 4.09. The predicted molar refractivity (Wildman–Crippen MR) is 56.1 cm³/mol. The molecule has 0 fully saturated rings. The van der Waals surface area contributed by atoms with Crippen molar-refractivity contribution in [3.8, 4) is 0 Å². The first kappa shape index (κ1) is 10.4. The van der Waals surface area contributed by atoms with Gasteiger partial charge >= 0.3 is 0 Å². The van der Waals surface area contributed by atoms with Crippen molar-refractivity contribution in [2.24, 2.45) is 11.7 Å². The predicted octanol–water partition coefficient (Wildman–Crippen LogP) is 2.31. The number of nitrogens with two attached hydrogens (primary N) is 1. The van der Waals surface area contributed by atoms with Gasteiger partial charge in [0.1, 0.15) is 0 Å². The SMILES string of the molecule is CC(CN)CCC(=O)c1ccsc1. The lowest BCUT2D eigenvalue weighted by Crippen LogP contribution is -2.12. The number of hydrogen-bond acceptors (Lipinski definition) is 3. The van der Waals surface area contributed by atoms with Gasteiger partial charge in [0.15, 0.2) is 5.78 Å². The molecule has 0 saturated carbocycles. The molecule has 72 valence electrons. The fourth-order valence-corrected chi connectivity index (χ4v) is 1.72. The van der Waals surface area contributed by atoms with E-state index in [-0.39, 0.29) is 5.78 Å². The maximum absolute atomic E-state index is 11.5. The van der Waals surface area contributed by atoms with E-state index >= 15 is 0 Å². The maximum Gasteiger partial charge on any atom is 0.163 e. The van der Waals surface area contributed by atoms with Crippen molar-refractivity contribution in [2.45, 2.75) is 19.8 Å². The third kappa shape index (κ3) is 3.28. The van der Waals surface area contributed by atoms with Gasteiger partial charge in [-0.3, -0.25) is 4.79 Å². The van der Waals surface area contributed by atoms with E-state index in [4.69, 9.17) is 5.73 Å². The summed E-state index contributed by atoms with van der Waals surface area (Å²) < 4.78 is 0. The van der Waals surface area contributed by atoms with Gasteiger partial charge < -0.3 is 5.73 Å². The van der Waals surface area contributed by atoms with E-state index in [0.29, 0.717) is 18.9 Å². The summed E-state index contributed by atoms with van der Waals surface area (Å²) in [6.45, 7) is 2.73. The highest BCUT2D eigenvalue weighted by molar-refractivity contribution is 7.08. The Morgan fingerprint density at radius 2 is 2.46 bits per heavy atom. The molecule has 0 aromatic carbocycles. The highest BCUT2D eigenvalue weighted by Crippen LogP contribution is 2.12. The topological polar surface area (TPSA) is 43.1 Å². The van der Waals surface area contributed by atoms with Crippen molar-refractivity contribution in [3.05, 3.63) is 22.4 Å². The van der Waals surface area contributed by atoms with Gasteiger partial charge in [-0.15, -0.1) is 0 Å². The zero-order chi connectivity index (χ0) is 9.68. The van der Waals surface area contributed by atoms with Crippen LogP contribution in [0.2, 0.25) is 0 Å². The maximum atomic E-state index is 11.5. The van der Waals surface area contributed by atoms with Crippen molar-refractivity contribution in [3.63, 3.8) is 0 Å². The minimum Gasteiger partial charge on any atom is -0.330 e. The fourth-order valence-electron chi connectivity index (χ4n) is 1.06. The molecule has 1 atom stereocenters. The Morgan fingerprint density at radius 1 is 1.69 bits per heavy atom. The van der Waals surface area contributed by atoms with E-state index < -0.39 is 0 Å². The smallest absolute Gasteiger partial charge is 0.163 e. The Morgan fingerprint density at radius 3 is 3.00 bits per heavy atom. The Hall–Kier alpha value is -0.670. The first-order chi connectivity index (χ1) is 6.24. The molecule has 1 heterocycles. The summed E-state index contributed by atoms with van der Waals surface area (Å²) in [7, 11) is 0. The lowest BCUT2D eigenvalue weighted by atomic mass is 10.0. The summed E-state index contributed by atoms with van der Waals surface area (Å²) in [5, 5.41) is 3.83. The molecule has 1 rings (SSSR count). The van der Waals surface area contributed by atoms with Crippen LogP contribution in [0.25, 0.3) is 0 Å². The summed E-state index contributed by atoms with van der Waals surface area (Å²) in [5.41, 5.74) is 6.31. The van der Waals surface area contributed by atoms with Crippen LogP contribution in [0.15, 0.2) is 16.8 Å². The summed E-state index contributed by atoms with van der Waals surface area (Å²) in [5.74, 6) is 0.684. The standard InChI is InChI=1S/C10H15NOS/c1-8(6-11)2-3-10(12)9-4-5-13-7-9/h4-5,7-8H,2-3,6,11H2,1H3. The molecule has 0 aliphatic rings. The first-order valence-electron chi connectivity index (χ1n) is 4.49. The molecule has 0 spiro atoms. The van der Waals surface area contributed by atoms with E-state index in [9.17, 15) is 4.79 Å². The molecule has 13 heavy (non-hydrogen) atoms. The van der Waals surface area contributed by atoms with E-state index in [1.807, 2.05) is 16.8 Å². The molecule has 0 radical (unpaired) electrons. The quantitative estimate of drug-likeness (QED) is 0.736. The van der Waals surface area contributed by atoms with Gasteiger partial charge in [0.25, 0.3) is 0 Å². The van der Waals surface area contributed by atoms with E-state index in [0.717, 1.165) is 12.0 Å². The number of hydrogen-bond donors (Lipinski definition) is 1. The van der Waals surface area contributed by atoms with Crippen LogP contribution in [-0.4, -0.2) is 12.3 Å². The lowest BCUT2D eigenvalue weighted by molar-refractivity contribution is 0.0975. The second kappa shape index (κ2) is 5.14. The van der Waals surface area contributed by atoms with Crippen LogP contribution < -0.4 is 5.73 Å². The van der Waals surface area contributed by atoms with Gasteiger partial charge in [-0.25, -0.2) is 0 Å². The van der Waals surface area contributed by atoms with E-state index in [1.54, 1.807) is 11.3 Å². The third-order valence-electron chi connectivity index (χ3n) is 2.11. The number of thiophene rings is 1. The van der Waals surface area contributed by atoms with Gasteiger partial charge in [0, 0.05) is 17.4 Å². The molecular formula is C10H15NOS. The highest BCUT2D eigenvalue weighted by Gasteiger charge is 2.07. The molecule has 0 aliphatic heterocycles. The second-order valence-electron chi connectivity index (χ2n) is 3.31. The van der Waals surface area contributed by atoms with Crippen molar-refractivity contribution >= 4 is 17.1 Å². The van der Waals surface area contributed by atoms with Crippen LogP contribution in [-0.2, 0) is 0 Å². The average molecular weight is 197 g/mol. The molecule has 1 aromatic rings. The average Bonchev–Trinajstić information content (AvgIpc) is 2.66. The van der Waals surface area contributed by atoms with Crippen LogP contribution in [0, 0.1) is 5.92 Å². The van der Waals surface area contributed by atoms with Gasteiger partial charge in [0.2, 0.25) is 0 Å². The Bertz CT molecular complexity index is 256. The molecule has 2 nitrogen and oxygen atoms in total. The molecule has 0 aliphatic carbocycles. The highest BCUT2D eigenvalue weighted by atomic mass is 32.1. The monoisotopic (exact) mass is 197 g/mol. The summed E-state index contributed by atoms with van der Waals surface area (Å²) >= 11 is 1.56. The van der Waals surface area contributed by atoms with Crippen molar-refractivity contribution in [2.75, 3.05) is 6.54 Å². The van der Waals surface area contributed by atoms with Gasteiger partial charge in [-0.1, -0.05) is 6.92 Å². The Balaban J connectivity index is 2.35. The largest absolute Gasteiger partial charge is 0.330 e. The molecule has 0 bridgehead atoms. The molecule has 0 saturated heterocycles. The summed E-state index contributed by atoms with van der Waals surface area (Å²) in [4.78, 5) is 11.5. The van der Waals surface area contributed by atoms with Crippen LogP contribution in [0.5, 0.6) is 0 Å². The van der Waals surface area contributed by atoms with Crippen LogP contribution in [0.3, 0.4) is 0 Å². The molecule has 1 aromatic heterocycles. The minimum atomic E-state index is 0.238. The van der Waals surface area contributed by atoms with Gasteiger partial charge in [0.05, 0.1) is 0 Å². The van der Waals surface area contributed by atoms with Gasteiger partial charge in [-0.05, 0) is 30.3 Å². The Kier molecular flexibility index (Phi) is 4.12. The van der Waals surface area contributed by atoms with Gasteiger partial charge in [-0.2, -0.15) is 11.3 Å². The number of carbonyl (C=O) groups excluding carboxylic acids is 1.